The van der Waals surface area contributed by atoms with Crippen LogP contribution in [-0.4, -0.2) is 62.5 Å². The topological polar surface area (TPSA) is 33.7 Å². The molecule has 1 aliphatic heterocycles. The molecule has 132 valence electrons. The second-order valence-electron chi connectivity index (χ2n) is 6.44. The summed E-state index contributed by atoms with van der Waals surface area (Å²) in [7, 11) is 0. The molecule has 1 unspecified atom stereocenters. The first-order chi connectivity index (χ1) is 10.7. The highest BCUT2D eigenvalue weighted by atomic mass is 16.5. The third kappa shape index (κ3) is 6.15. The number of rotatable bonds is 12. The molecule has 4 nitrogen and oxygen atoms in total. The molecule has 0 aromatic carbocycles. The molecule has 1 fully saturated rings. The van der Waals surface area contributed by atoms with Crippen molar-refractivity contribution in [1.29, 1.82) is 0 Å². The number of morpholine rings is 1. The van der Waals surface area contributed by atoms with Crippen LogP contribution in [0.1, 0.15) is 59.8 Å². The van der Waals surface area contributed by atoms with Gasteiger partial charge < -0.3 is 14.8 Å². The van der Waals surface area contributed by atoms with Crippen LogP contribution in [0.2, 0.25) is 0 Å². The van der Waals surface area contributed by atoms with Gasteiger partial charge in [0.15, 0.2) is 0 Å². The number of nitrogens with one attached hydrogen (secondary N) is 1. The van der Waals surface area contributed by atoms with E-state index in [1.165, 1.54) is 25.7 Å². The highest BCUT2D eigenvalue weighted by molar-refractivity contribution is 4.93. The van der Waals surface area contributed by atoms with Crippen LogP contribution in [0.25, 0.3) is 0 Å². The minimum absolute atomic E-state index is 0.289. The Hall–Kier alpha value is -0.160. The molecule has 1 atom stereocenters. The molecular formula is C18H38N2O2. The van der Waals surface area contributed by atoms with E-state index in [1.807, 2.05) is 0 Å². The second-order valence-corrected chi connectivity index (χ2v) is 6.44. The summed E-state index contributed by atoms with van der Waals surface area (Å²) in [5.74, 6) is 0. The van der Waals surface area contributed by atoms with E-state index in [0.717, 1.165) is 52.4 Å². The van der Waals surface area contributed by atoms with Crippen molar-refractivity contribution in [3.05, 3.63) is 0 Å². The van der Waals surface area contributed by atoms with Gasteiger partial charge in [0.25, 0.3) is 0 Å². The minimum Gasteiger partial charge on any atom is -0.379 e. The Morgan fingerprint density at radius 2 is 1.73 bits per heavy atom. The van der Waals surface area contributed by atoms with E-state index in [1.54, 1.807) is 0 Å². The van der Waals surface area contributed by atoms with E-state index in [-0.39, 0.29) is 5.54 Å². The van der Waals surface area contributed by atoms with Crippen LogP contribution in [0.4, 0.5) is 0 Å². The van der Waals surface area contributed by atoms with Gasteiger partial charge in [-0.2, -0.15) is 0 Å². The van der Waals surface area contributed by atoms with E-state index < -0.39 is 0 Å². The lowest BCUT2D eigenvalue weighted by molar-refractivity contribution is -0.0317. The first kappa shape index (κ1) is 19.9. The van der Waals surface area contributed by atoms with Crippen LogP contribution < -0.4 is 5.32 Å². The molecular weight excluding hydrogens is 276 g/mol. The second kappa shape index (κ2) is 11.4. The fourth-order valence-electron chi connectivity index (χ4n) is 3.72. The Kier molecular flexibility index (Phi) is 10.3. The third-order valence-electron chi connectivity index (χ3n) is 4.80. The van der Waals surface area contributed by atoms with E-state index >= 15 is 0 Å². The molecule has 1 heterocycles. The molecule has 4 heteroatoms. The monoisotopic (exact) mass is 314 g/mol. The predicted octanol–water partition coefficient (Wildman–Crippen LogP) is 3.06. The number of hydrogen-bond acceptors (Lipinski definition) is 4. The van der Waals surface area contributed by atoms with Gasteiger partial charge in [0.1, 0.15) is 0 Å². The van der Waals surface area contributed by atoms with E-state index in [9.17, 15) is 0 Å². The SMILES string of the molecule is CCCC(CCC)(CNCC(CC)OCC)N1CCOCC1. The van der Waals surface area contributed by atoms with Gasteiger partial charge in [-0.3, -0.25) is 4.90 Å². The molecule has 0 aromatic rings. The van der Waals surface area contributed by atoms with Gasteiger partial charge in [0.05, 0.1) is 19.3 Å². The van der Waals surface area contributed by atoms with Crippen molar-refractivity contribution in [3.63, 3.8) is 0 Å². The number of nitrogens with zero attached hydrogens (tertiary/aromatic N) is 1. The Balaban J connectivity index is 2.62. The van der Waals surface area contributed by atoms with Gasteiger partial charge in [-0.1, -0.05) is 33.6 Å². The predicted molar refractivity (Wildman–Crippen MR) is 93.5 cm³/mol. The maximum Gasteiger partial charge on any atom is 0.0696 e. The molecule has 0 aromatic heterocycles. The van der Waals surface area contributed by atoms with E-state index in [0.29, 0.717) is 6.10 Å². The zero-order valence-electron chi connectivity index (χ0n) is 15.3. The lowest BCUT2D eigenvalue weighted by Gasteiger charge is -2.46. The quantitative estimate of drug-likeness (QED) is 0.600. The fourth-order valence-corrected chi connectivity index (χ4v) is 3.72. The summed E-state index contributed by atoms with van der Waals surface area (Å²) in [6, 6.07) is 0. The lowest BCUT2D eigenvalue weighted by atomic mass is 9.86. The normalized spacial score (nSPS) is 18.5. The molecule has 22 heavy (non-hydrogen) atoms. The zero-order chi connectivity index (χ0) is 16.3. The van der Waals surface area contributed by atoms with Crippen molar-refractivity contribution in [2.45, 2.75) is 71.4 Å². The molecule has 0 aliphatic carbocycles. The summed E-state index contributed by atoms with van der Waals surface area (Å²) in [6.07, 6.45) is 6.42. The molecule has 1 rings (SSSR count). The largest absolute Gasteiger partial charge is 0.379 e. The van der Waals surface area contributed by atoms with Gasteiger partial charge in [0, 0.05) is 38.3 Å². The highest BCUT2D eigenvalue weighted by Crippen LogP contribution is 2.28. The molecule has 0 amide bonds. The molecule has 0 bridgehead atoms. The maximum atomic E-state index is 5.78. The summed E-state index contributed by atoms with van der Waals surface area (Å²) < 4.78 is 11.3. The molecule has 1 saturated heterocycles. The van der Waals surface area contributed by atoms with Gasteiger partial charge >= 0.3 is 0 Å². The fraction of sp³-hybridized carbons (Fsp3) is 1.00. The van der Waals surface area contributed by atoms with Crippen LogP contribution >= 0.6 is 0 Å². The van der Waals surface area contributed by atoms with Crippen LogP contribution in [-0.2, 0) is 9.47 Å². The van der Waals surface area contributed by atoms with Gasteiger partial charge in [0.2, 0.25) is 0 Å². The van der Waals surface area contributed by atoms with Crippen molar-refractivity contribution in [1.82, 2.24) is 10.2 Å². The van der Waals surface area contributed by atoms with Crippen molar-refractivity contribution >= 4 is 0 Å². The van der Waals surface area contributed by atoms with E-state index in [2.05, 4.69) is 37.9 Å². The Bertz CT molecular complexity index is 262. The summed E-state index contributed by atoms with van der Waals surface area (Å²) in [5, 5.41) is 3.72. The van der Waals surface area contributed by atoms with Crippen LogP contribution in [0.5, 0.6) is 0 Å². The zero-order valence-corrected chi connectivity index (χ0v) is 15.3. The molecule has 1 N–H and O–H groups in total. The Morgan fingerprint density at radius 1 is 1.09 bits per heavy atom. The Labute approximate surface area is 137 Å². The minimum atomic E-state index is 0.289. The molecule has 0 spiro atoms. The summed E-state index contributed by atoms with van der Waals surface area (Å²) >= 11 is 0. The van der Waals surface area contributed by atoms with Crippen LogP contribution in [0.15, 0.2) is 0 Å². The average molecular weight is 315 g/mol. The van der Waals surface area contributed by atoms with Crippen LogP contribution in [0.3, 0.4) is 0 Å². The van der Waals surface area contributed by atoms with Gasteiger partial charge in [-0.25, -0.2) is 0 Å². The maximum absolute atomic E-state index is 5.78. The summed E-state index contributed by atoms with van der Waals surface area (Å²) in [5.41, 5.74) is 0.289. The molecule has 0 radical (unpaired) electrons. The Morgan fingerprint density at radius 3 is 2.23 bits per heavy atom. The van der Waals surface area contributed by atoms with Gasteiger partial charge in [-0.05, 0) is 26.2 Å². The standard InChI is InChI=1S/C18H38N2O2/c1-5-9-18(10-6-2,20-11-13-21-14-12-20)16-19-15-17(7-3)22-8-4/h17,19H,5-16H2,1-4H3. The first-order valence-electron chi connectivity index (χ1n) is 9.37. The highest BCUT2D eigenvalue weighted by Gasteiger charge is 2.35. The first-order valence-corrected chi connectivity index (χ1v) is 9.37. The number of hydrogen-bond donors (Lipinski definition) is 1. The molecule has 0 saturated carbocycles. The summed E-state index contributed by atoms with van der Waals surface area (Å²) in [4.78, 5) is 2.68. The van der Waals surface area contributed by atoms with Gasteiger partial charge in [-0.15, -0.1) is 0 Å². The van der Waals surface area contributed by atoms with Crippen molar-refractivity contribution in [2.24, 2.45) is 0 Å². The molecule has 1 aliphatic rings. The van der Waals surface area contributed by atoms with E-state index in [4.69, 9.17) is 9.47 Å². The smallest absolute Gasteiger partial charge is 0.0696 e. The summed E-state index contributed by atoms with van der Waals surface area (Å²) in [6.45, 7) is 15.6. The van der Waals surface area contributed by atoms with Crippen LogP contribution in [0, 0.1) is 0 Å². The number of ether oxygens (including phenoxy) is 2. The van der Waals surface area contributed by atoms with Crippen molar-refractivity contribution < 1.29 is 9.47 Å². The van der Waals surface area contributed by atoms with Crippen molar-refractivity contribution in [2.75, 3.05) is 46.0 Å². The lowest BCUT2D eigenvalue weighted by Crippen LogP contribution is -2.58. The third-order valence-corrected chi connectivity index (χ3v) is 4.80. The average Bonchev–Trinajstić information content (AvgIpc) is 2.55. The van der Waals surface area contributed by atoms with Crippen molar-refractivity contribution in [3.8, 4) is 0 Å².